The molecule has 1 rings (SSSR count). The molecule has 0 N–H and O–H groups in total. The first-order valence-corrected chi connectivity index (χ1v) is 3.93. The van der Waals surface area contributed by atoms with Gasteiger partial charge in [-0.15, -0.1) is 4.80 Å². The quantitative estimate of drug-likeness (QED) is 0.493. The maximum Gasteiger partial charge on any atom is 0.358 e. The van der Waals surface area contributed by atoms with Gasteiger partial charge in [-0.05, 0) is 0 Å². The molecule has 1 aromatic rings. The highest BCUT2D eigenvalue weighted by molar-refractivity contribution is 6.14. The van der Waals surface area contributed by atoms with Gasteiger partial charge >= 0.3 is 11.9 Å². The highest BCUT2D eigenvalue weighted by atomic mass is 16.5. The third-order valence-electron chi connectivity index (χ3n) is 1.48. The lowest BCUT2D eigenvalue weighted by Gasteiger charge is -2.02. The van der Waals surface area contributed by atoms with Crippen molar-refractivity contribution in [2.75, 3.05) is 14.2 Å². The Hall–Kier alpha value is -2.18. The Balaban J connectivity index is 3.04. The van der Waals surface area contributed by atoms with E-state index in [1.165, 1.54) is 26.6 Å². The van der Waals surface area contributed by atoms with Crippen LogP contribution in [0.4, 0.5) is 0 Å². The highest BCUT2D eigenvalue weighted by Crippen LogP contribution is 2.03. The van der Waals surface area contributed by atoms with Crippen molar-refractivity contribution in [3.8, 4) is 0 Å². The van der Waals surface area contributed by atoms with E-state index in [9.17, 15) is 9.59 Å². The van der Waals surface area contributed by atoms with E-state index in [1.807, 2.05) is 0 Å². The SMILES string of the molecule is COC(=O)/C=C(\C(=O)OC)n1nccn1. The van der Waals surface area contributed by atoms with Crippen LogP contribution in [0.2, 0.25) is 0 Å². The third kappa shape index (κ3) is 2.63. The summed E-state index contributed by atoms with van der Waals surface area (Å²) >= 11 is 0. The van der Waals surface area contributed by atoms with Gasteiger partial charge in [0, 0.05) is 0 Å². The van der Waals surface area contributed by atoms with E-state index in [0.29, 0.717) is 0 Å². The molecular formula is C8H9N3O4. The van der Waals surface area contributed by atoms with Gasteiger partial charge in [0.1, 0.15) is 0 Å². The van der Waals surface area contributed by atoms with Crippen molar-refractivity contribution in [3.05, 3.63) is 18.5 Å². The maximum atomic E-state index is 11.3. The van der Waals surface area contributed by atoms with Crippen molar-refractivity contribution in [1.82, 2.24) is 15.0 Å². The predicted octanol–water partition coefficient (Wildman–Crippen LogP) is -0.535. The van der Waals surface area contributed by atoms with E-state index in [1.54, 1.807) is 0 Å². The molecule has 0 radical (unpaired) electrons. The normalized spacial score (nSPS) is 10.9. The van der Waals surface area contributed by atoms with E-state index in [4.69, 9.17) is 0 Å². The van der Waals surface area contributed by atoms with Gasteiger partial charge in [-0.25, -0.2) is 9.59 Å². The Labute approximate surface area is 85.3 Å². The second kappa shape index (κ2) is 4.89. The molecule has 0 aliphatic carbocycles. The molecule has 0 spiro atoms. The Kier molecular flexibility index (Phi) is 3.55. The summed E-state index contributed by atoms with van der Waals surface area (Å²) in [7, 11) is 2.39. The molecule has 0 saturated carbocycles. The van der Waals surface area contributed by atoms with Gasteiger partial charge in [-0.3, -0.25) is 0 Å². The minimum Gasteiger partial charge on any atom is -0.466 e. The van der Waals surface area contributed by atoms with Crippen LogP contribution in [0.3, 0.4) is 0 Å². The summed E-state index contributed by atoms with van der Waals surface area (Å²) in [6, 6.07) is 0. The van der Waals surface area contributed by atoms with Gasteiger partial charge in [0.05, 0.1) is 32.7 Å². The van der Waals surface area contributed by atoms with Gasteiger partial charge in [0.2, 0.25) is 0 Å². The monoisotopic (exact) mass is 211 g/mol. The van der Waals surface area contributed by atoms with Crippen LogP contribution in [0, 0.1) is 0 Å². The number of ether oxygens (including phenoxy) is 2. The number of esters is 2. The molecule has 0 aliphatic rings. The molecule has 0 bridgehead atoms. The van der Waals surface area contributed by atoms with Crippen molar-refractivity contribution < 1.29 is 19.1 Å². The summed E-state index contributed by atoms with van der Waals surface area (Å²) < 4.78 is 8.85. The molecule has 0 fully saturated rings. The fourth-order valence-corrected chi connectivity index (χ4v) is 0.814. The Bertz CT molecular complexity index is 383. The smallest absolute Gasteiger partial charge is 0.358 e. The van der Waals surface area contributed by atoms with Crippen LogP contribution in [0.25, 0.3) is 5.70 Å². The Morgan fingerprint density at radius 1 is 1.20 bits per heavy atom. The lowest BCUT2D eigenvalue weighted by molar-refractivity contribution is -0.137. The number of carbonyl (C=O) groups excluding carboxylic acids is 2. The number of rotatable bonds is 3. The molecule has 0 amide bonds. The van der Waals surface area contributed by atoms with E-state index >= 15 is 0 Å². The molecule has 0 aliphatic heterocycles. The number of aromatic nitrogens is 3. The number of carbonyl (C=O) groups is 2. The molecule has 0 aromatic carbocycles. The second-order valence-electron chi connectivity index (χ2n) is 2.36. The summed E-state index contributed by atoms with van der Waals surface area (Å²) in [5.41, 5.74) is -0.116. The first kappa shape index (κ1) is 10.9. The van der Waals surface area contributed by atoms with E-state index in [0.717, 1.165) is 10.9 Å². The second-order valence-corrected chi connectivity index (χ2v) is 2.36. The topological polar surface area (TPSA) is 83.3 Å². The summed E-state index contributed by atoms with van der Waals surface area (Å²) in [4.78, 5) is 23.2. The van der Waals surface area contributed by atoms with Gasteiger partial charge in [0.25, 0.3) is 0 Å². The average molecular weight is 211 g/mol. The lowest BCUT2D eigenvalue weighted by atomic mass is 10.4. The summed E-state index contributed by atoms with van der Waals surface area (Å²) in [6.45, 7) is 0. The number of hydrogen-bond donors (Lipinski definition) is 0. The van der Waals surface area contributed by atoms with Crippen LogP contribution in [-0.4, -0.2) is 41.2 Å². The minimum atomic E-state index is -0.725. The molecule has 0 saturated heterocycles. The summed E-state index contributed by atoms with van der Waals surface area (Å²) in [5.74, 6) is -1.41. The summed E-state index contributed by atoms with van der Waals surface area (Å²) in [6.07, 6.45) is 3.69. The summed E-state index contributed by atoms with van der Waals surface area (Å²) in [5, 5.41) is 7.40. The zero-order valence-corrected chi connectivity index (χ0v) is 8.21. The zero-order chi connectivity index (χ0) is 11.3. The van der Waals surface area contributed by atoms with Crippen molar-refractivity contribution in [2.24, 2.45) is 0 Å². The van der Waals surface area contributed by atoms with Crippen LogP contribution in [0.1, 0.15) is 0 Å². The number of methoxy groups -OCH3 is 2. The van der Waals surface area contributed by atoms with Crippen molar-refractivity contribution in [1.29, 1.82) is 0 Å². The van der Waals surface area contributed by atoms with Gasteiger partial charge < -0.3 is 9.47 Å². The molecule has 7 nitrogen and oxygen atoms in total. The molecule has 80 valence electrons. The largest absolute Gasteiger partial charge is 0.466 e. The molecule has 0 unspecified atom stereocenters. The Morgan fingerprint density at radius 3 is 2.27 bits per heavy atom. The molecular weight excluding hydrogens is 202 g/mol. The van der Waals surface area contributed by atoms with E-state index in [2.05, 4.69) is 19.7 Å². The lowest BCUT2D eigenvalue weighted by Crippen LogP contribution is -2.15. The van der Waals surface area contributed by atoms with Crippen molar-refractivity contribution in [2.45, 2.75) is 0 Å². The Morgan fingerprint density at radius 2 is 1.80 bits per heavy atom. The number of nitrogens with zero attached hydrogens (tertiary/aromatic N) is 3. The van der Waals surface area contributed by atoms with Crippen LogP contribution in [0.5, 0.6) is 0 Å². The predicted molar refractivity (Wildman–Crippen MR) is 48.3 cm³/mol. The first-order chi connectivity index (χ1) is 7.19. The molecule has 1 aromatic heterocycles. The van der Waals surface area contributed by atoms with Crippen molar-refractivity contribution >= 4 is 17.6 Å². The van der Waals surface area contributed by atoms with Gasteiger partial charge in [0.15, 0.2) is 5.70 Å². The highest BCUT2D eigenvalue weighted by Gasteiger charge is 2.15. The van der Waals surface area contributed by atoms with Crippen LogP contribution >= 0.6 is 0 Å². The van der Waals surface area contributed by atoms with Crippen LogP contribution in [0.15, 0.2) is 18.5 Å². The molecule has 0 atom stereocenters. The van der Waals surface area contributed by atoms with Gasteiger partial charge in [-0.1, -0.05) is 0 Å². The van der Waals surface area contributed by atoms with Crippen molar-refractivity contribution in [3.63, 3.8) is 0 Å². The molecule has 7 heteroatoms. The molecule has 1 heterocycles. The standard InChI is InChI=1S/C8H9N3O4/c1-14-7(12)5-6(8(13)15-2)11-9-3-4-10-11/h3-5H,1-2H3/b6-5+. The van der Waals surface area contributed by atoms with Crippen LogP contribution in [-0.2, 0) is 19.1 Å². The fraction of sp³-hybridized carbons (Fsp3) is 0.250. The van der Waals surface area contributed by atoms with E-state index < -0.39 is 11.9 Å². The van der Waals surface area contributed by atoms with Crippen LogP contribution < -0.4 is 0 Å². The first-order valence-electron chi connectivity index (χ1n) is 3.93. The average Bonchev–Trinajstić information content (AvgIpc) is 2.77. The van der Waals surface area contributed by atoms with E-state index in [-0.39, 0.29) is 5.70 Å². The zero-order valence-electron chi connectivity index (χ0n) is 8.21. The fourth-order valence-electron chi connectivity index (χ4n) is 0.814. The molecule has 15 heavy (non-hydrogen) atoms. The number of hydrogen-bond acceptors (Lipinski definition) is 6. The maximum absolute atomic E-state index is 11.3. The third-order valence-corrected chi connectivity index (χ3v) is 1.48. The minimum absolute atomic E-state index is 0.116. The van der Waals surface area contributed by atoms with Gasteiger partial charge in [-0.2, -0.15) is 10.2 Å².